The maximum Gasteiger partial charge on any atom is 0.419 e. The van der Waals surface area contributed by atoms with Gasteiger partial charge in [0, 0.05) is 23.9 Å². The van der Waals surface area contributed by atoms with E-state index in [1.54, 1.807) is 33.0 Å². The van der Waals surface area contributed by atoms with E-state index in [2.05, 4.69) is 17.4 Å². The predicted molar refractivity (Wildman–Crippen MR) is 148 cm³/mol. The number of hydrogen-bond acceptors (Lipinski definition) is 5. The number of nitrogens with zero attached hydrogens (tertiary/aromatic N) is 1. The minimum Gasteiger partial charge on any atom is -0.449 e. The van der Waals surface area contributed by atoms with Gasteiger partial charge in [-0.3, -0.25) is 9.36 Å². The van der Waals surface area contributed by atoms with Crippen LogP contribution in [-0.4, -0.2) is 40.9 Å². The van der Waals surface area contributed by atoms with Crippen LogP contribution in [0.5, 0.6) is 0 Å². The van der Waals surface area contributed by atoms with Crippen LogP contribution in [0, 0.1) is 0 Å². The van der Waals surface area contributed by atoms with Gasteiger partial charge in [-0.1, -0.05) is 66.7 Å². The molecule has 8 heteroatoms. The summed E-state index contributed by atoms with van der Waals surface area (Å²) in [6.45, 7) is 5.49. The topological polar surface area (TPSA) is 113 Å². The van der Waals surface area contributed by atoms with Crippen molar-refractivity contribution < 1.29 is 23.9 Å². The molecule has 1 aromatic heterocycles. The number of carbonyl (C=O) groups excluding carboxylic acids is 3. The van der Waals surface area contributed by atoms with Gasteiger partial charge in [-0.25, -0.2) is 9.59 Å². The monoisotopic (exact) mass is 525 g/mol. The van der Waals surface area contributed by atoms with E-state index in [-0.39, 0.29) is 18.9 Å². The lowest BCUT2D eigenvalue weighted by molar-refractivity contribution is -0.119. The summed E-state index contributed by atoms with van der Waals surface area (Å²) in [5.74, 6) is -0.820. The fourth-order valence-electron chi connectivity index (χ4n) is 5.10. The summed E-state index contributed by atoms with van der Waals surface area (Å²) in [6, 6.07) is 22.3. The van der Waals surface area contributed by atoms with Gasteiger partial charge in [-0.2, -0.15) is 0 Å². The number of nitrogens with one attached hydrogen (secondary N) is 1. The average Bonchev–Trinajstić information content (AvgIpc) is 3.42. The number of rotatable bonds is 6. The van der Waals surface area contributed by atoms with Crippen molar-refractivity contribution in [3.05, 3.63) is 95.7 Å². The van der Waals surface area contributed by atoms with E-state index in [1.807, 2.05) is 54.6 Å². The molecule has 3 aromatic carbocycles. The molecule has 200 valence electrons. The summed E-state index contributed by atoms with van der Waals surface area (Å²) < 4.78 is 12.5. The van der Waals surface area contributed by atoms with Crippen molar-refractivity contribution >= 4 is 29.0 Å². The molecule has 8 nitrogen and oxygen atoms in total. The number of hydrogen-bond donors (Lipinski definition) is 2. The van der Waals surface area contributed by atoms with Gasteiger partial charge in [0.05, 0.1) is 5.52 Å². The Kier molecular flexibility index (Phi) is 6.87. The van der Waals surface area contributed by atoms with Crippen LogP contribution in [0.25, 0.3) is 22.0 Å². The van der Waals surface area contributed by atoms with E-state index >= 15 is 0 Å². The van der Waals surface area contributed by atoms with Crippen LogP contribution in [0.3, 0.4) is 0 Å². The molecule has 5 rings (SSSR count). The SMILES string of the molecule is CC(C)(C)OC(=O)n1cc(C[C@H](NC(=O)OCC2c3ccccc3-c3ccccc32)C(N)=O)c2ccccc21. The van der Waals surface area contributed by atoms with Crippen LogP contribution in [-0.2, 0) is 20.7 Å². The first-order chi connectivity index (χ1) is 18.6. The van der Waals surface area contributed by atoms with Crippen molar-refractivity contribution in [2.24, 2.45) is 5.73 Å². The molecule has 0 radical (unpaired) electrons. The summed E-state index contributed by atoms with van der Waals surface area (Å²) in [7, 11) is 0. The zero-order chi connectivity index (χ0) is 27.7. The average molecular weight is 526 g/mol. The number of alkyl carbamates (subject to hydrolysis) is 1. The van der Waals surface area contributed by atoms with Gasteiger partial charge in [-0.05, 0) is 54.7 Å². The van der Waals surface area contributed by atoms with Gasteiger partial charge in [0.15, 0.2) is 0 Å². The van der Waals surface area contributed by atoms with Gasteiger partial charge in [0.25, 0.3) is 0 Å². The molecule has 0 saturated heterocycles. The Morgan fingerprint density at radius 2 is 1.51 bits per heavy atom. The van der Waals surface area contributed by atoms with E-state index in [4.69, 9.17) is 15.2 Å². The van der Waals surface area contributed by atoms with Crippen LogP contribution in [0.1, 0.15) is 43.4 Å². The molecule has 0 saturated carbocycles. The first-order valence-electron chi connectivity index (χ1n) is 12.9. The van der Waals surface area contributed by atoms with E-state index in [0.717, 1.165) is 27.6 Å². The zero-order valence-electron chi connectivity index (χ0n) is 22.1. The summed E-state index contributed by atoms with van der Waals surface area (Å²) >= 11 is 0. The number of primary amides is 1. The van der Waals surface area contributed by atoms with Crippen molar-refractivity contribution in [2.45, 2.75) is 44.8 Å². The molecule has 3 N–H and O–H groups in total. The van der Waals surface area contributed by atoms with Gasteiger partial charge in [-0.15, -0.1) is 0 Å². The van der Waals surface area contributed by atoms with Crippen LogP contribution >= 0.6 is 0 Å². The van der Waals surface area contributed by atoms with Crippen molar-refractivity contribution in [1.29, 1.82) is 0 Å². The highest BCUT2D eigenvalue weighted by Crippen LogP contribution is 2.44. The Morgan fingerprint density at radius 1 is 0.923 bits per heavy atom. The van der Waals surface area contributed by atoms with Crippen molar-refractivity contribution in [3.8, 4) is 11.1 Å². The fourth-order valence-corrected chi connectivity index (χ4v) is 5.10. The molecule has 1 atom stereocenters. The van der Waals surface area contributed by atoms with Crippen LogP contribution in [0.4, 0.5) is 9.59 Å². The zero-order valence-corrected chi connectivity index (χ0v) is 22.1. The molecule has 0 fully saturated rings. The Labute approximate surface area is 226 Å². The van der Waals surface area contributed by atoms with Gasteiger partial charge >= 0.3 is 12.2 Å². The van der Waals surface area contributed by atoms with Crippen LogP contribution < -0.4 is 11.1 Å². The highest BCUT2D eigenvalue weighted by Gasteiger charge is 2.30. The number of nitrogens with two attached hydrogens (primary N) is 1. The molecule has 0 unspecified atom stereocenters. The fraction of sp³-hybridized carbons (Fsp3) is 0.258. The number of amides is 2. The maximum atomic E-state index is 12.8. The molecular formula is C31H31N3O5. The molecule has 39 heavy (non-hydrogen) atoms. The largest absolute Gasteiger partial charge is 0.449 e. The normalized spacial score (nSPS) is 13.4. The maximum absolute atomic E-state index is 12.8. The lowest BCUT2D eigenvalue weighted by Gasteiger charge is -2.19. The van der Waals surface area contributed by atoms with E-state index in [0.29, 0.717) is 11.1 Å². The molecule has 0 spiro atoms. The number of benzene rings is 3. The molecule has 1 heterocycles. The highest BCUT2D eigenvalue weighted by atomic mass is 16.6. The van der Waals surface area contributed by atoms with Gasteiger partial charge < -0.3 is 20.5 Å². The molecule has 0 aliphatic heterocycles. The number of para-hydroxylation sites is 1. The third kappa shape index (κ3) is 5.36. The van der Waals surface area contributed by atoms with Gasteiger partial charge in [0.2, 0.25) is 5.91 Å². The van der Waals surface area contributed by atoms with Crippen LogP contribution in [0.2, 0.25) is 0 Å². The third-order valence-corrected chi connectivity index (χ3v) is 6.79. The standard InChI is InChI=1S/C31H31N3O5/c1-31(2,3)39-30(37)34-17-19(20-10-8-9-15-27(20)34)16-26(28(32)35)33-29(36)38-18-25-23-13-6-4-11-21(23)22-12-5-7-14-24(22)25/h4-15,17,25-26H,16,18H2,1-3H3,(H2,32,35)(H,33,36)/t26-/m0/s1. The second-order valence-electron chi connectivity index (χ2n) is 10.7. The molecule has 4 aromatic rings. The quantitative estimate of drug-likeness (QED) is 0.352. The Hall–Kier alpha value is -4.59. The van der Waals surface area contributed by atoms with Crippen molar-refractivity contribution in [3.63, 3.8) is 0 Å². The first kappa shape index (κ1) is 26.0. The molecule has 1 aliphatic carbocycles. The van der Waals surface area contributed by atoms with Crippen LogP contribution in [0.15, 0.2) is 79.0 Å². The van der Waals surface area contributed by atoms with E-state index in [1.165, 1.54) is 4.57 Å². The van der Waals surface area contributed by atoms with Crippen molar-refractivity contribution in [1.82, 2.24) is 9.88 Å². The summed E-state index contributed by atoms with van der Waals surface area (Å²) in [5.41, 5.74) is 10.7. The second-order valence-corrected chi connectivity index (χ2v) is 10.7. The molecular weight excluding hydrogens is 494 g/mol. The number of carbonyl (C=O) groups is 3. The Bertz CT molecular complexity index is 1520. The molecule has 1 aliphatic rings. The predicted octanol–water partition coefficient (Wildman–Crippen LogP) is 5.36. The Balaban J connectivity index is 1.31. The summed E-state index contributed by atoms with van der Waals surface area (Å²) in [6.07, 6.45) is 0.422. The minimum absolute atomic E-state index is 0.0792. The van der Waals surface area contributed by atoms with E-state index in [9.17, 15) is 14.4 Å². The third-order valence-electron chi connectivity index (χ3n) is 6.79. The van der Waals surface area contributed by atoms with E-state index < -0.39 is 29.7 Å². The number of aromatic nitrogens is 1. The molecule has 0 bridgehead atoms. The summed E-state index contributed by atoms with van der Waals surface area (Å²) in [5, 5.41) is 3.37. The van der Waals surface area contributed by atoms with Crippen molar-refractivity contribution in [2.75, 3.05) is 6.61 Å². The highest BCUT2D eigenvalue weighted by molar-refractivity contribution is 5.93. The lowest BCUT2D eigenvalue weighted by Crippen LogP contribution is -2.46. The minimum atomic E-state index is -1.04. The lowest BCUT2D eigenvalue weighted by atomic mass is 9.98. The first-order valence-corrected chi connectivity index (χ1v) is 12.9. The van der Waals surface area contributed by atoms with Gasteiger partial charge in [0.1, 0.15) is 18.2 Å². The summed E-state index contributed by atoms with van der Waals surface area (Å²) in [4.78, 5) is 38.0. The molecule has 2 amide bonds. The number of ether oxygens (including phenoxy) is 2. The number of fused-ring (bicyclic) bond motifs is 4. The smallest absolute Gasteiger partial charge is 0.419 e. The second kappa shape index (κ2) is 10.3. The Morgan fingerprint density at radius 3 is 2.13 bits per heavy atom.